The van der Waals surface area contributed by atoms with Gasteiger partial charge >= 0.3 is 0 Å². The van der Waals surface area contributed by atoms with Gasteiger partial charge in [0.25, 0.3) is 0 Å². The molecule has 0 atom stereocenters. The maximum Gasteiger partial charge on any atom is -0.0354 e. The van der Waals surface area contributed by atoms with E-state index in [1.807, 2.05) is 0 Å². The molecule has 0 nitrogen and oxygen atoms in total. The first-order valence-corrected chi connectivity index (χ1v) is 8.77. The van der Waals surface area contributed by atoms with E-state index in [0.717, 1.165) is 0 Å². The van der Waals surface area contributed by atoms with E-state index >= 15 is 0 Å². The Morgan fingerprint density at radius 2 is 1.00 bits per heavy atom. The van der Waals surface area contributed by atoms with Crippen LogP contribution in [0.2, 0.25) is 0 Å². The lowest BCUT2D eigenvalue weighted by Gasteiger charge is -2.27. The number of unbranched alkanes of at least 4 members (excludes halogenated alkanes) is 6. The fourth-order valence-corrected chi connectivity index (χ4v) is 2.78. The van der Waals surface area contributed by atoms with Gasteiger partial charge in [-0.25, -0.2) is 0 Å². The quantitative estimate of drug-likeness (QED) is 0.343. The van der Waals surface area contributed by atoms with Gasteiger partial charge in [0.1, 0.15) is 0 Å². The molecule has 0 aromatic heterocycles. The summed E-state index contributed by atoms with van der Waals surface area (Å²) in [4.78, 5) is 0. The minimum atomic E-state index is 0.509. The molecule has 19 heavy (non-hydrogen) atoms. The van der Waals surface area contributed by atoms with E-state index in [4.69, 9.17) is 0 Å². The van der Waals surface area contributed by atoms with E-state index < -0.39 is 0 Å². The fraction of sp³-hybridized carbons (Fsp3) is 1.00. The molecule has 0 bridgehead atoms. The molecule has 0 aromatic carbocycles. The van der Waals surface area contributed by atoms with Crippen molar-refractivity contribution in [2.45, 2.75) is 112 Å². The Morgan fingerprint density at radius 3 is 1.53 bits per heavy atom. The smallest absolute Gasteiger partial charge is 0.0354 e. The Hall–Kier alpha value is 0. The second-order valence-corrected chi connectivity index (χ2v) is 8.45. The first-order valence-electron chi connectivity index (χ1n) is 8.77. The van der Waals surface area contributed by atoms with Gasteiger partial charge in [0.2, 0.25) is 0 Å². The topological polar surface area (TPSA) is 0 Å². The summed E-state index contributed by atoms with van der Waals surface area (Å²) in [6.07, 6.45) is 15.6. The lowest BCUT2D eigenvalue weighted by atomic mass is 9.79. The van der Waals surface area contributed by atoms with Gasteiger partial charge in [0.05, 0.1) is 0 Å². The zero-order chi connectivity index (χ0) is 14.8. The zero-order valence-corrected chi connectivity index (χ0v) is 14.8. The van der Waals surface area contributed by atoms with Crippen LogP contribution in [0.25, 0.3) is 0 Å². The standard InChI is InChI=1S/C19H40/c1-7-8-9-10-11-12-13-16-19(5,6)17-14-15-18(2,3)4/h7-17H2,1-6H3. The highest BCUT2D eigenvalue weighted by atomic mass is 14.2. The Morgan fingerprint density at radius 1 is 0.526 bits per heavy atom. The van der Waals surface area contributed by atoms with E-state index in [1.165, 1.54) is 70.6 Å². The molecule has 116 valence electrons. The molecule has 0 radical (unpaired) electrons. The number of rotatable bonds is 11. The second-order valence-electron chi connectivity index (χ2n) is 8.45. The van der Waals surface area contributed by atoms with Crippen LogP contribution in [0.3, 0.4) is 0 Å². The van der Waals surface area contributed by atoms with Crippen molar-refractivity contribution in [3.05, 3.63) is 0 Å². The molecule has 0 heteroatoms. The van der Waals surface area contributed by atoms with Gasteiger partial charge in [-0.2, -0.15) is 0 Å². The molecule has 0 heterocycles. The molecule has 0 spiro atoms. The Kier molecular flexibility index (Phi) is 9.83. The largest absolute Gasteiger partial charge is 0.0654 e. The average molecular weight is 269 g/mol. The lowest BCUT2D eigenvalue weighted by molar-refractivity contribution is 0.257. The van der Waals surface area contributed by atoms with Crippen molar-refractivity contribution in [2.75, 3.05) is 0 Å². The third-order valence-corrected chi connectivity index (χ3v) is 4.24. The van der Waals surface area contributed by atoms with E-state index in [9.17, 15) is 0 Å². The summed E-state index contributed by atoms with van der Waals surface area (Å²) in [5.41, 5.74) is 1.07. The third-order valence-electron chi connectivity index (χ3n) is 4.24. The van der Waals surface area contributed by atoms with Gasteiger partial charge < -0.3 is 0 Å². The Balaban J connectivity index is 3.51. The molecule has 0 aliphatic carbocycles. The molecule has 0 aliphatic heterocycles. The summed E-state index contributed by atoms with van der Waals surface area (Å²) < 4.78 is 0. The molecular formula is C19H40. The molecule has 0 fully saturated rings. The van der Waals surface area contributed by atoms with Crippen LogP contribution in [0, 0.1) is 10.8 Å². The maximum absolute atomic E-state index is 2.47. The highest BCUT2D eigenvalue weighted by molar-refractivity contribution is 4.71. The molecule has 0 aliphatic rings. The second kappa shape index (κ2) is 9.83. The predicted molar refractivity (Wildman–Crippen MR) is 89.7 cm³/mol. The van der Waals surface area contributed by atoms with Gasteiger partial charge in [-0.05, 0) is 30.1 Å². The molecule has 0 aromatic rings. The van der Waals surface area contributed by atoms with E-state index in [2.05, 4.69) is 41.5 Å². The normalized spacial score (nSPS) is 12.9. The molecule has 0 N–H and O–H groups in total. The molecule has 0 amide bonds. The van der Waals surface area contributed by atoms with Crippen molar-refractivity contribution < 1.29 is 0 Å². The minimum Gasteiger partial charge on any atom is -0.0654 e. The first-order chi connectivity index (χ1) is 8.77. The monoisotopic (exact) mass is 268 g/mol. The zero-order valence-electron chi connectivity index (χ0n) is 14.8. The van der Waals surface area contributed by atoms with Crippen molar-refractivity contribution in [3.63, 3.8) is 0 Å². The molecule has 0 unspecified atom stereocenters. The summed E-state index contributed by atoms with van der Waals surface area (Å²) in [7, 11) is 0. The van der Waals surface area contributed by atoms with E-state index in [1.54, 1.807) is 0 Å². The number of hydrogen-bond donors (Lipinski definition) is 0. The summed E-state index contributed by atoms with van der Waals surface area (Å²) in [5, 5.41) is 0. The fourth-order valence-electron chi connectivity index (χ4n) is 2.78. The van der Waals surface area contributed by atoms with Crippen molar-refractivity contribution in [2.24, 2.45) is 10.8 Å². The predicted octanol–water partition coefficient (Wildman–Crippen LogP) is 7.37. The minimum absolute atomic E-state index is 0.509. The third kappa shape index (κ3) is 14.2. The van der Waals surface area contributed by atoms with Crippen LogP contribution in [0.5, 0.6) is 0 Å². The van der Waals surface area contributed by atoms with Crippen molar-refractivity contribution in [1.82, 2.24) is 0 Å². The van der Waals surface area contributed by atoms with Crippen molar-refractivity contribution in [1.29, 1.82) is 0 Å². The molecule has 0 saturated heterocycles. The van der Waals surface area contributed by atoms with E-state index in [0.29, 0.717) is 10.8 Å². The summed E-state index contributed by atoms with van der Waals surface area (Å²) in [6.45, 7) is 14.3. The SMILES string of the molecule is CCCCCCCCCC(C)(C)CCCC(C)(C)C. The number of hydrogen-bond acceptors (Lipinski definition) is 0. The summed E-state index contributed by atoms with van der Waals surface area (Å²) in [6, 6.07) is 0. The Labute approximate surface area is 123 Å². The average Bonchev–Trinajstić information content (AvgIpc) is 2.25. The van der Waals surface area contributed by atoms with Gasteiger partial charge in [0.15, 0.2) is 0 Å². The first kappa shape index (κ1) is 19.0. The van der Waals surface area contributed by atoms with Gasteiger partial charge in [0, 0.05) is 0 Å². The maximum atomic E-state index is 2.47. The molecule has 0 saturated carbocycles. The van der Waals surface area contributed by atoms with Crippen LogP contribution in [-0.4, -0.2) is 0 Å². The van der Waals surface area contributed by atoms with Crippen LogP contribution in [0.4, 0.5) is 0 Å². The Bertz CT molecular complexity index is 195. The van der Waals surface area contributed by atoms with Crippen LogP contribution in [-0.2, 0) is 0 Å². The highest BCUT2D eigenvalue weighted by Gasteiger charge is 2.18. The van der Waals surface area contributed by atoms with Crippen molar-refractivity contribution in [3.8, 4) is 0 Å². The van der Waals surface area contributed by atoms with E-state index in [-0.39, 0.29) is 0 Å². The van der Waals surface area contributed by atoms with Crippen LogP contribution < -0.4 is 0 Å². The van der Waals surface area contributed by atoms with Crippen LogP contribution >= 0.6 is 0 Å². The van der Waals surface area contributed by atoms with Crippen LogP contribution in [0.15, 0.2) is 0 Å². The van der Waals surface area contributed by atoms with Crippen LogP contribution in [0.1, 0.15) is 112 Å². The van der Waals surface area contributed by atoms with Gasteiger partial charge in [-0.15, -0.1) is 0 Å². The van der Waals surface area contributed by atoms with Gasteiger partial charge in [-0.1, -0.05) is 92.9 Å². The summed E-state index contributed by atoms with van der Waals surface area (Å²) in [5.74, 6) is 0. The lowest BCUT2D eigenvalue weighted by Crippen LogP contribution is -2.13. The highest BCUT2D eigenvalue weighted by Crippen LogP contribution is 2.32. The van der Waals surface area contributed by atoms with Gasteiger partial charge in [-0.3, -0.25) is 0 Å². The summed E-state index contributed by atoms with van der Waals surface area (Å²) >= 11 is 0. The molecule has 0 rings (SSSR count). The van der Waals surface area contributed by atoms with Crippen molar-refractivity contribution >= 4 is 0 Å². The molecular weight excluding hydrogens is 228 g/mol.